The quantitative estimate of drug-likeness (QED) is 0.905. The van der Waals surface area contributed by atoms with Crippen LogP contribution in [0.1, 0.15) is 17.5 Å². The molecule has 0 aliphatic rings. The number of hydrogen-bond donors (Lipinski definition) is 1. The van der Waals surface area contributed by atoms with Gasteiger partial charge in [0.25, 0.3) is 0 Å². The molecule has 5 heteroatoms. The van der Waals surface area contributed by atoms with Crippen molar-refractivity contribution in [1.82, 2.24) is 4.98 Å². The molecule has 0 aliphatic heterocycles. The Labute approximate surface area is 109 Å². The number of halogens is 1. The van der Waals surface area contributed by atoms with E-state index in [4.69, 9.17) is 10.5 Å². The molecule has 0 amide bonds. The Hall–Kier alpha value is -1.46. The zero-order chi connectivity index (χ0) is 13.0. The van der Waals surface area contributed by atoms with Crippen molar-refractivity contribution >= 4 is 11.3 Å². The van der Waals surface area contributed by atoms with Gasteiger partial charge in [-0.15, -0.1) is 11.3 Å². The fraction of sp³-hybridized carbons (Fsp3) is 0.308. The lowest BCUT2D eigenvalue weighted by Gasteiger charge is -2.13. The fourth-order valence-corrected chi connectivity index (χ4v) is 2.21. The highest BCUT2D eigenvalue weighted by molar-refractivity contribution is 7.09. The van der Waals surface area contributed by atoms with Crippen molar-refractivity contribution < 1.29 is 9.13 Å². The molecule has 1 aromatic heterocycles. The minimum atomic E-state index is -0.357. The second-order valence-electron chi connectivity index (χ2n) is 4.12. The minimum absolute atomic E-state index is 0.0333. The molecule has 0 spiro atoms. The van der Waals surface area contributed by atoms with Gasteiger partial charge in [-0.25, -0.2) is 9.37 Å². The molecule has 0 radical (unpaired) electrons. The number of rotatable bonds is 5. The maximum Gasteiger partial charge on any atom is 0.165 e. The summed E-state index contributed by atoms with van der Waals surface area (Å²) < 4.78 is 19.3. The summed E-state index contributed by atoms with van der Waals surface area (Å²) in [7, 11) is 0. The Morgan fingerprint density at radius 1 is 1.50 bits per heavy atom. The molecular weight excluding hydrogens is 251 g/mol. The molecule has 1 aromatic carbocycles. The summed E-state index contributed by atoms with van der Waals surface area (Å²) in [5.74, 6) is -0.0743. The fourth-order valence-electron chi connectivity index (χ4n) is 1.68. The smallest absolute Gasteiger partial charge is 0.165 e. The predicted octanol–water partition coefficient (Wildman–Crippen LogP) is 2.75. The van der Waals surface area contributed by atoms with E-state index in [1.807, 2.05) is 18.4 Å². The average Bonchev–Trinajstić information content (AvgIpc) is 2.80. The lowest BCUT2D eigenvalue weighted by atomic mass is 10.1. The van der Waals surface area contributed by atoms with Crippen LogP contribution in [0.4, 0.5) is 4.39 Å². The van der Waals surface area contributed by atoms with Gasteiger partial charge in [-0.1, -0.05) is 12.1 Å². The van der Waals surface area contributed by atoms with E-state index >= 15 is 0 Å². The molecule has 96 valence electrons. The van der Waals surface area contributed by atoms with Crippen LogP contribution in [0.15, 0.2) is 29.8 Å². The van der Waals surface area contributed by atoms with Crippen LogP contribution in [0.25, 0.3) is 0 Å². The first-order valence-corrected chi connectivity index (χ1v) is 6.59. The molecule has 2 N–H and O–H groups in total. The molecule has 0 fully saturated rings. The normalized spacial score (nSPS) is 12.4. The van der Waals surface area contributed by atoms with Crippen LogP contribution < -0.4 is 10.5 Å². The Kier molecular flexibility index (Phi) is 4.28. The molecular formula is C13H15FN2OS. The Bertz CT molecular complexity index is 500. The second kappa shape index (κ2) is 5.93. The van der Waals surface area contributed by atoms with Gasteiger partial charge >= 0.3 is 0 Å². The van der Waals surface area contributed by atoms with Gasteiger partial charge in [0, 0.05) is 17.6 Å². The summed E-state index contributed by atoms with van der Waals surface area (Å²) in [5.41, 5.74) is 6.54. The number of nitrogens with two attached hydrogens (primary N) is 1. The maximum absolute atomic E-state index is 13.7. The predicted molar refractivity (Wildman–Crippen MR) is 70.2 cm³/mol. The van der Waals surface area contributed by atoms with Crippen LogP contribution in [0.5, 0.6) is 5.75 Å². The van der Waals surface area contributed by atoms with Crippen molar-refractivity contribution in [3.63, 3.8) is 0 Å². The number of para-hydroxylation sites is 1. The largest absolute Gasteiger partial charge is 0.483 e. The van der Waals surface area contributed by atoms with Gasteiger partial charge in [-0.3, -0.25) is 0 Å². The van der Waals surface area contributed by atoms with E-state index in [0.717, 1.165) is 10.6 Å². The molecule has 2 rings (SSSR count). The van der Waals surface area contributed by atoms with Crippen molar-refractivity contribution in [2.75, 3.05) is 0 Å². The molecule has 0 aliphatic carbocycles. The average molecular weight is 266 g/mol. The number of thiazole rings is 1. The summed E-state index contributed by atoms with van der Waals surface area (Å²) in [5, 5.41) is 2.69. The van der Waals surface area contributed by atoms with Crippen LogP contribution in [0.3, 0.4) is 0 Å². The SMILES string of the molecule is CC(N)Cc1cccc(F)c1OCc1nccs1. The van der Waals surface area contributed by atoms with E-state index in [1.165, 1.54) is 17.4 Å². The van der Waals surface area contributed by atoms with Crippen LogP contribution in [-0.4, -0.2) is 11.0 Å². The monoisotopic (exact) mass is 266 g/mol. The first kappa shape index (κ1) is 13.0. The van der Waals surface area contributed by atoms with Gasteiger partial charge in [0.15, 0.2) is 11.6 Å². The van der Waals surface area contributed by atoms with Crippen molar-refractivity contribution in [1.29, 1.82) is 0 Å². The summed E-state index contributed by atoms with van der Waals surface area (Å²) in [6.07, 6.45) is 2.29. The molecule has 1 atom stereocenters. The molecule has 3 nitrogen and oxygen atoms in total. The van der Waals surface area contributed by atoms with Gasteiger partial charge in [-0.2, -0.15) is 0 Å². The topological polar surface area (TPSA) is 48.1 Å². The lowest BCUT2D eigenvalue weighted by Crippen LogP contribution is -2.18. The van der Waals surface area contributed by atoms with Crippen LogP contribution >= 0.6 is 11.3 Å². The Morgan fingerprint density at radius 2 is 2.33 bits per heavy atom. The molecule has 18 heavy (non-hydrogen) atoms. The van der Waals surface area contributed by atoms with Crippen LogP contribution in [-0.2, 0) is 13.0 Å². The third-order valence-corrected chi connectivity index (χ3v) is 3.17. The van der Waals surface area contributed by atoms with E-state index in [0.29, 0.717) is 6.42 Å². The third kappa shape index (κ3) is 3.27. The van der Waals surface area contributed by atoms with E-state index in [9.17, 15) is 4.39 Å². The molecule has 1 unspecified atom stereocenters. The summed E-state index contributed by atoms with van der Waals surface area (Å²) in [6.45, 7) is 2.17. The van der Waals surface area contributed by atoms with Crippen LogP contribution in [0, 0.1) is 5.82 Å². The molecule has 0 bridgehead atoms. The lowest BCUT2D eigenvalue weighted by molar-refractivity contribution is 0.286. The Morgan fingerprint density at radius 3 is 3.00 bits per heavy atom. The summed E-state index contributed by atoms with van der Waals surface area (Å²) in [4.78, 5) is 4.10. The summed E-state index contributed by atoms with van der Waals surface area (Å²) >= 11 is 1.48. The highest BCUT2D eigenvalue weighted by Crippen LogP contribution is 2.25. The molecule has 0 saturated carbocycles. The zero-order valence-corrected chi connectivity index (χ0v) is 10.9. The third-order valence-electron chi connectivity index (χ3n) is 2.41. The highest BCUT2D eigenvalue weighted by Gasteiger charge is 2.12. The first-order valence-electron chi connectivity index (χ1n) is 5.71. The first-order chi connectivity index (χ1) is 8.66. The van der Waals surface area contributed by atoms with Crippen LogP contribution in [0.2, 0.25) is 0 Å². The van der Waals surface area contributed by atoms with Crippen molar-refractivity contribution in [3.05, 3.63) is 46.2 Å². The Balaban J connectivity index is 2.14. The van der Waals surface area contributed by atoms with Crippen molar-refractivity contribution in [3.8, 4) is 5.75 Å². The van der Waals surface area contributed by atoms with Gasteiger partial charge in [0.1, 0.15) is 11.6 Å². The maximum atomic E-state index is 13.7. The van der Waals surface area contributed by atoms with Gasteiger partial charge in [0.05, 0.1) is 0 Å². The number of hydrogen-bond acceptors (Lipinski definition) is 4. The summed E-state index contributed by atoms with van der Waals surface area (Å²) in [6, 6.07) is 4.86. The van der Waals surface area contributed by atoms with E-state index < -0.39 is 0 Å². The molecule has 0 saturated heterocycles. The van der Waals surface area contributed by atoms with Gasteiger partial charge in [0.2, 0.25) is 0 Å². The number of benzene rings is 1. The second-order valence-corrected chi connectivity index (χ2v) is 5.10. The zero-order valence-electron chi connectivity index (χ0n) is 10.1. The van der Waals surface area contributed by atoms with Gasteiger partial charge < -0.3 is 10.5 Å². The van der Waals surface area contributed by atoms with E-state index in [1.54, 1.807) is 12.3 Å². The standard InChI is InChI=1S/C13H15FN2OS/c1-9(15)7-10-3-2-4-11(14)13(10)17-8-12-16-5-6-18-12/h2-6,9H,7-8,15H2,1H3. The molecule has 1 heterocycles. The van der Waals surface area contributed by atoms with E-state index in [2.05, 4.69) is 4.98 Å². The number of aromatic nitrogens is 1. The minimum Gasteiger partial charge on any atom is -0.483 e. The number of nitrogens with zero attached hydrogens (tertiary/aromatic N) is 1. The highest BCUT2D eigenvalue weighted by atomic mass is 32.1. The number of ether oxygens (including phenoxy) is 1. The van der Waals surface area contributed by atoms with E-state index in [-0.39, 0.29) is 24.2 Å². The molecule has 2 aromatic rings. The van der Waals surface area contributed by atoms with Crippen molar-refractivity contribution in [2.24, 2.45) is 5.73 Å². The van der Waals surface area contributed by atoms with Gasteiger partial charge in [-0.05, 0) is 25.0 Å². The van der Waals surface area contributed by atoms with Crippen molar-refractivity contribution in [2.45, 2.75) is 26.0 Å².